The Kier molecular flexibility index (Phi) is 3.55. The van der Waals surface area contributed by atoms with Gasteiger partial charge in [-0.1, -0.05) is 0 Å². The van der Waals surface area contributed by atoms with Gasteiger partial charge < -0.3 is 20.3 Å². The molecule has 0 aliphatic carbocycles. The van der Waals surface area contributed by atoms with Crippen molar-refractivity contribution in [3.8, 4) is 0 Å². The third kappa shape index (κ3) is 2.51. The topological polar surface area (TPSA) is 75.9 Å². The first-order valence-corrected chi connectivity index (χ1v) is 4.61. The molecule has 14 heavy (non-hydrogen) atoms. The van der Waals surface area contributed by atoms with E-state index in [1.807, 2.05) is 0 Å². The number of nitrogens with zero attached hydrogens (tertiary/aromatic N) is 2. The minimum atomic E-state index is -0.437. The van der Waals surface area contributed by atoms with Gasteiger partial charge in [0.15, 0.2) is 0 Å². The maximum atomic E-state index is 11.2. The summed E-state index contributed by atoms with van der Waals surface area (Å²) in [5.41, 5.74) is 5.10. The van der Waals surface area contributed by atoms with Crippen LogP contribution in [0, 0.1) is 0 Å². The molecule has 80 valence electrons. The van der Waals surface area contributed by atoms with Crippen LogP contribution in [0.25, 0.3) is 0 Å². The Labute approximate surface area is 82.6 Å². The Bertz CT molecular complexity index is 224. The van der Waals surface area contributed by atoms with Crippen LogP contribution >= 0.6 is 0 Å². The van der Waals surface area contributed by atoms with Crippen LogP contribution in [0.4, 0.5) is 9.59 Å². The Morgan fingerprint density at radius 1 is 1.21 bits per heavy atom. The van der Waals surface area contributed by atoms with Gasteiger partial charge in [-0.3, -0.25) is 0 Å². The standard InChI is InChI=1S/C8H15N3O3/c1-2-14-8(13)11-5-3-10(4-6-11)7(9)12/h2-6H2,1H3,(H2,9,12). The lowest BCUT2D eigenvalue weighted by Gasteiger charge is -2.32. The maximum Gasteiger partial charge on any atom is 0.409 e. The van der Waals surface area contributed by atoms with E-state index in [-0.39, 0.29) is 6.09 Å². The third-order valence-corrected chi connectivity index (χ3v) is 2.12. The quantitative estimate of drug-likeness (QED) is 0.640. The van der Waals surface area contributed by atoms with Crippen molar-refractivity contribution in [1.29, 1.82) is 0 Å². The van der Waals surface area contributed by atoms with Crippen LogP contribution in [-0.4, -0.2) is 54.7 Å². The molecule has 1 aliphatic heterocycles. The van der Waals surface area contributed by atoms with E-state index < -0.39 is 6.03 Å². The Balaban J connectivity index is 2.35. The molecule has 3 amide bonds. The minimum absolute atomic E-state index is 0.323. The monoisotopic (exact) mass is 201 g/mol. The zero-order valence-corrected chi connectivity index (χ0v) is 8.23. The second-order valence-electron chi connectivity index (χ2n) is 3.01. The molecule has 0 bridgehead atoms. The highest BCUT2D eigenvalue weighted by Gasteiger charge is 2.23. The second kappa shape index (κ2) is 4.69. The van der Waals surface area contributed by atoms with Crippen LogP contribution in [0.5, 0.6) is 0 Å². The number of primary amides is 1. The van der Waals surface area contributed by atoms with E-state index in [0.717, 1.165) is 0 Å². The van der Waals surface area contributed by atoms with Crippen LogP contribution in [0.1, 0.15) is 6.92 Å². The molecule has 0 aromatic carbocycles. The van der Waals surface area contributed by atoms with E-state index >= 15 is 0 Å². The van der Waals surface area contributed by atoms with Crippen molar-refractivity contribution in [3.05, 3.63) is 0 Å². The van der Waals surface area contributed by atoms with Crippen molar-refractivity contribution in [1.82, 2.24) is 9.80 Å². The molecule has 1 rings (SSSR count). The summed E-state index contributed by atoms with van der Waals surface area (Å²) in [6.07, 6.45) is -0.323. The SMILES string of the molecule is CCOC(=O)N1CCN(C(N)=O)CC1. The van der Waals surface area contributed by atoms with E-state index in [1.54, 1.807) is 11.8 Å². The van der Waals surface area contributed by atoms with E-state index in [0.29, 0.717) is 32.8 Å². The van der Waals surface area contributed by atoms with Gasteiger partial charge in [-0.15, -0.1) is 0 Å². The van der Waals surface area contributed by atoms with Crippen LogP contribution < -0.4 is 5.73 Å². The highest BCUT2D eigenvalue weighted by atomic mass is 16.6. The summed E-state index contributed by atoms with van der Waals surface area (Å²) >= 11 is 0. The van der Waals surface area contributed by atoms with E-state index in [9.17, 15) is 9.59 Å². The fourth-order valence-electron chi connectivity index (χ4n) is 1.32. The normalized spacial score (nSPS) is 16.6. The zero-order chi connectivity index (χ0) is 10.6. The lowest BCUT2D eigenvalue weighted by Crippen LogP contribution is -2.52. The lowest BCUT2D eigenvalue weighted by molar-refractivity contribution is 0.0863. The number of carbonyl (C=O) groups excluding carboxylic acids is 2. The summed E-state index contributed by atoms with van der Waals surface area (Å²) in [6.45, 7) is 4.07. The molecule has 6 nitrogen and oxygen atoms in total. The Morgan fingerprint density at radius 2 is 1.71 bits per heavy atom. The molecule has 6 heteroatoms. The average Bonchev–Trinajstić information content (AvgIpc) is 2.18. The van der Waals surface area contributed by atoms with Crippen LogP contribution in [-0.2, 0) is 4.74 Å². The molecule has 0 spiro atoms. The number of amides is 3. The van der Waals surface area contributed by atoms with Gasteiger partial charge in [-0.25, -0.2) is 9.59 Å². The predicted molar refractivity (Wildman–Crippen MR) is 49.8 cm³/mol. The smallest absolute Gasteiger partial charge is 0.409 e. The third-order valence-electron chi connectivity index (χ3n) is 2.12. The van der Waals surface area contributed by atoms with Gasteiger partial charge >= 0.3 is 12.1 Å². The number of hydrogen-bond acceptors (Lipinski definition) is 3. The maximum absolute atomic E-state index is 11.2. The van der Waals surface area contributed by atoms with Crippen molar-refractivity contribution < 1.29 is 14.3 Å². The summed E-state index contributed by atoms with van der Waals surface area (Å²) in [5, 5.41) is 0. The molecule has 0 atom stereocenters. The second-order valence-corrected chi connectivity index (χ2v) is 3.01. The molecular weight excluding hydrogens is 186 g/mol. The first-order valence-electron chi connectivity index (χ1n) is 4.61. The van der Waals surface area contributed by atoms with E-state index in [4.69, 9.17) is 10.5 Å². The van der Waals surface area contributed by atoms with Crippen LogP contribution in [0.15, 0.2) is 0 Å². The fourth-order valence-corrected chi connectivity index (χ4v) is 1.32. The average molecular weight is 201 g/mol. The number of hydrogen-bond donors (Lipinski definition) is 1. The number of rotatable bonds is 1. The largest absolute Gasteiger partial charge is 0.450 e. The molecule has 1 saturated heterocycles. The van der Waals surface area contributed by atoms with E-state index in [1.165, 1.54) is 4.90 Å². The lowest BCUT2D eigenvalue weighted by atomic mass is 10.3. The summed E-state index contributed by atoms with van der Waals surface area (Å²) in [4.78, 5) is 25.1. The number of nitrogens with two attached hydrogens (primary N) is 1. The summed E-state index contributed by atoms with van der Waals surface area (Å²) < 4.78 is 4.83. The van der Waals surface area contributed by atoms with Gasteiger partial charge in [-0.05, 0) is 6.92 Å². The van der Waals surface area contributed by atoms with Gasteiger partial charge in [0, 0.05) is 26.2 Å². The van der Waals surface area contributed by atoms with Gasteiger partial charge in [0.2, 0.25) is 0 Å². The molecule has 1 heterocycles. The van der Waals surface area contributed by atoms with Crippen LogP contribution in [0.3, 0.4) is 0 Å². The minimum Gasteiger partial charge on any atom is -0.450 e. The number of urea groups is 1. The highest BCUT2D eigenvalue weighted by molar-refractivity contribution is 5.73. The van der Waals surface area contributed by atoms with Gasteiger partial charge in [0.05, 0.1) is 6.61 Å². The summed E-state index contributed by atoms with van der Waals surface area (Å²) in [6, 6.07) is -0.437. The zero-order valence-electron chi connectivity index (χ0n) is 8.23. The van der Waals surface area contributed by atoms with E-state index in [2.05, 4.69) is 0 Å². The first kappa shape index (κ1) is 10.6. The molecule has 0 radical (unpaired) electrons. The molecule has 0 saturated carbocycles. The predicted octanol–water partition coefficient (Wildman–Crippen LogP) is -0.161. The van der Waals surface area contributed by atoms with Crippen molar-refractivity contribution >= 4 is 12.1 Å². The van der Waals surface area contributed by atoms with Crippen molar-refractivity contribution in [2.75, 3.05) is 32.8 Å². The number of carbonyl (C=O) groups is 2. The first-order chi connectivity index (χ1) is 6.65. The summed E-state index contributed by atoms with van der Waals surface area (Å²) in [5.74, 6) is 0. The summed E-state index contributed by atoms with van der Waals surface area (Å²) in [7, 11) is 0. The Hall–Kier alpha value is -1.46. The van der Waals surface area contributed by atoms with Crippen LogP contribution in [0.2, 0.25) is 0 Å². The molecule has 1 aliphatic rings. The number of piperazine rings is 1. The van der Waals surface area contributed by atoms with Gasteiger partial charge in [-0.2, -0.15) is 0 Å². The van der Waals surface area contributed by atoms with Crippen molar-refractivity contribution in [2.45, 2.75) is 6.92 Å². The fraction of sp³-hybridized carbons (Fsp3) is 0.750. The molecular formula is C8H15N3O3. The molecule has 2 N–H and O–H groups in total. The van der Waals surface area contributed by atoms with Gasteiger partial charge in [0.25, 0.3) is 0 Å². The molecule has 0 unspecified atom stereocenters. The van der Waals surface area contributed by atoms with Gasteiger partial charge in [0.1, 0.15) is 0 Å². The molecule has 0 aromatic heterocycles. The molecule has 0 aromatic rings. The number of ether oxygens (including phenoxy) is 1. The van der Waals surface area contributed by atoms with Crippen molar-refractivity contribution in [2.24, 2.45) is 5.73 Å². The molecule has 1 fully saturated rings. The highest BCUT2D eigenvalue weighted by Crippen LogP contribution is 2.02. The Morgan fingerprint density at radius 3 is 2.14 bits per heavy atom. The van der Waals surface area contributed by atoms with Crippen molar-refractivity contribution in [3.63, 3.8) is 0 Å².